The van der Waals surface area contributed by atoms with Crippen molar-refractivity contribution in [3.63, 3.8) is 0 Å². The monoisotopic (exact) mass is 442 g/mol. The molecule has 2 heteroatoms. The van der Waals surface area contributed by atoms with Crippen LogP contribution in [0.15, 0.2) is 133 Å². The highest BCUT2D eigenvalue weighted by molar-refractivity contribution is 7.85. The molecule has 158 valence electrons. The van der Waals surface area contributed by atoms with Crippen LogP contribution in [-0.2, 0) is 4.57 Å². The summed E-state index contributed by atoms with van der Waals surface area (Å²) in [5, 5.41) is 2.64. The van der Waals surface area contributed by atoms with Crippen molar-refractivity contribution in [3.05, 3.63) is 150 Å². The predicted octanol–water partition coefficient (Wildman–Crippen LogP) is 6.49. The molecule has 0 aliphatic heterocycles. The number of fused-ring (bicyclic) bond motifs is 3. The zero-order valence-corrected chi connectivity index (χ0v) is 19.0. The van der Waals surface area contributed by atoms with E-state index in [-0.39, 0.29) is 5.92 Å². The fourth-order valence-electron chi connectivity index (χ4n) is 5.21. The molecule has 1 nitrogen and oxygen atoms in total. The molecule has 0 radical (unpaired) electrons. The van der Waals surface area contributed by atoms with Crippen LogP contribution in [0.2, 0.25) is 0 Å². The average Bonchev–Trinajstić information content (AvgIpc) is 3.24. The highest BCUT2D eigenvalue weighted by atomic mass is 31.2. The quantitative estimate of drug-likeness (QED) is 0.285. The van der Waals surface area contributed by atoms with Gasteiger partial charge in [-0.25, -0.2) is 0 Å². The molecular weight excluding hydrogens is 419 g/mol. The van der Waals surface area contributed by atoms with E-state index in [1.165, 1.54) is 22.3 Å². The van der Waals surface area contributed by atoms with Crippen LogP contribution in [0.25, 0.3) is 11.1 Å². The summed E-state index contributed by atoms with van der Waals surface area (Å²) in [6.07, 6.45) is 0. The maximum Gasteiger partial charge on any atom is 0.171 e. The fraction of sp³-hybridized carbons (Fsp3) is 0.0323. The topological polar surface area (TPSA) is 17.1 Å². The van der Waals surface area contributed by atoms with Crippen molar-refractivity contribution in [1.29, 1.82) is 0 Å². The molecule has 5 aromatic carbocycles. The Morgan fingerprint density at radius 1 is 0.424 bits per heavy atom. The van der Waals surface area contributed by atoms with Crippen molar-refractivity contribution in [2.75, 3.05) is 0 Å². The highest BCUT2D eigenvalue weighted by Gasteiger charge is 2.37. The molecule has 33 heavy (non-hydrogen) atoms. The van der Waals surface area contributed by atoms with E-state index in [4.69, 9.17) is 0 Å². The lowest BCUT2D eigenvalue weighted by molar-refractivity contribution is 0.592. The van der Waals surface area contributed by atoms with E-state index in [2.05, 4.69) is 66.7 Å². The number of hydrogen-bond acceptors (Lipinski definition) is 1. The Bertz CT molecular complexity index is 1400. The Labute approximate surface area is 194 Å². The molecule has 1 aliphatic carbocycles. The molecule has 0 unspecified atom stereocenters. The first-order valence-corrected chi connectivity index (χ1v) is 13.0. The summed E-state index contributed by atoms with van der Waals surface area (Å²) in [6, 6.07) is 45.4. The first kappa shape index (κ1) is 20.0. The second-order valence-electron chi connectivity index (χ2n) is 8.45. The lowest BCUT2D eigenvalue weighted by Crippen LogP contribution is -2.28. The molecule has 0 saturated heterocycles. The highest BCUT2D eigenvalue weighted by Crippen LogP contribution is 2.51. The molecule has 0 fully saturated rings. The smallest absolute Gasteiger partial charge is 0.171 e. The van der Waals surface area contributed by atoms with Crippen LogP contribution >= 0.6 is 7.14 Å². The molecule has 0 heterocycles. The third-order valence-electron chi connectivity index (χ3n) is 6.66. The largest absolute Gasteiger partial charge is 0.309 e. The van der Waals surface area contributed by atoms with Gasteiger partial charge < -0.3 is 4.57 Å². The maximum atomic E-state index is 15.2. The van der Waals surface area contributed by atoms with E-state index in [0.29, 0.717) is 0 Å². The summed E-state index contributed by atoms with van der Waals surface area (Å²) < 4.78 is 15.2. The lowest BCUT2D eigenvalue weighted by Gasteiger charge is -2.26. The average molecular weight is 442 g/mol. The molecule has 0 N–H and O–H groups in total. The first-order valence-electron chi connectivity index (χ1n) is 11.3. The molecule has 0 spiro atoms. The minimum absolute atomic E-state index is 0.0503. The zero-order valence-electron chi connectivity index (χ0n) is 18.1. The lowest BCUT2D eigenvalue weighted by atomic mass is 9.89. The minimum atomic E-state index is -3.09. The molecule has 6 rings (SSSR count). The van der Waals surface area contributed by atoms with Crippen LogP contribution in [0.3, 0.4) is 0 Å². The van der Waals surface area contributed by atoms with Gasteiger partial charge in [-0.1, -0.05) is 133 Å². The second-order valence-corrected chi connectivity index (χ2v) is 11.2. The van der Waals surface area contributed by atoms with E-state index in [1.807, 2.05) is 66.7 Å². The normalized spacial score (nSPS) is 12.8. The Kier molecular flexibility index (Phi) is 4.86. The Morgan fingerprint density at radius 2 is 0.818 bits per heavy atom. The van der Waals surface area contributed by atoms with Gasteiger partial charge in [0.25, 0.3) is 0 Å². The van der Waals surface area contributed by atoms with Crippen molar-refractivity contribution < 1.29 is 4.57 Å². The van der Waals surface area contributed by atoms with Crippen LogP contribution in [0.1, 0.15) is 22.6 Å². The van der Waals surface area contributed by atoms with Gasteiger partial charge in [-0.3, -0.25) is 0 Å². The number of benzene rings is 5. The Morgan fingerprint density at radius 3 is 1.33 bits per heavy atom. The van der Waals surface area contributed by atoms with Gasteiger partial charge in [-0.15, -0.1) is 0 Å². The number of rotatable bonds is 4. The summed E-state index contributed by atoms with van der Waals surface area (Å²) >= 11 is 0. The van der Waals surface area contributed by atoms with Crippen molar-refractivity contribution in [3.8, 4) is 11.1 Å². The Balaban J connectivity index is 1.66. The van der Waals surface area contributed by atoms with Gasteiger partial charge in [-0.05, 0) is 27.8 Å². The third-order valence-corrected chi connectivity index (χ3v) is 9.80. The molecule has 0 atom stereocenters. The minimum Gasteiger partial charge on any atom is -0.309 e. The maximum absolute atomic E-state index is 15.2. The van der Waals surface area contributed by atoms with Gasteiger partial charge in [0.05, 0.1) is 0 Å². The van der Waals surface area contributed by atoms with Crippen molar-refractivity contribution in [2.45, 2.75) is 5.92 Å². The van der Waals surface area contributed by atoms with Crippen molar-refractivity contribution in [1.82, 2.24) is 0 Å². The zero-order chi connectivity index (χ0) is 22.3. The van der Waals surface area contributed by atoms with E-state index >= 15 is 4.57 Å². The molecule has 0 saturated carbocycles. The number of hydrogen-bond donors (Lipinski definition) is 0. The molecule has 0 aromatic heterocycles. The van der Waals surface area contributed by atoms with Gasteiger partial charge in [0, 0.05) is 21.8 Å². The fourth-order valence-corrected chi connectivity index (χ4v) is 8.11. The predicted molar refractivity (Wildman–Crippen MR) is 139 cm³/mol. The third kappa shape index (κ3) is 3.12. The first-order chi connectivity index (χ1) is 16.3. The standard InChI is InChI=1S/C31H23OP/c32-33(23-13-3-1-4-14-23,24-15-5-2-6-16-24)30-22-12-11-21-29(30)31-27-19-9-7-17-25(27)26-18-8-10-20-28(26)31/h1-22,31H. The summed E-state index contributed by atoms with van der Waals surface area (Å²) in [6.45, 7) is 0. The van der Waals surface area contributed by atoms with Crippen LogP contribution in [0, 0.1) is 0 Å². The second kappa shape index (κ2) is 8.03. The van der Waals surface area contributed by atoms with Gasteiger partial charge in [-0.2, -0.15) is 0 Å². The van der Waals surface area contributed by atoms with Crippen molar-refractivity contribution in [2.24, 2.45) is 0 Å². The SMILES string of the molecule is O=P(c1ccccc1)(c1ccccc1)c1ccccc1C1c2ccccc2-c2ccccc21. The van der Waals surface area contributed by atoms with E-state index in [0.717, 1.165) is 21.5 Å². The van der Waals surface area contributed by atoms with E-state index < -0.39 is 7.14 Å². The van der Waals surface area contributed by atoms with Crippen LogP contribution in [-0.4, -0.2) is 0 Å². The summed E-state index contributed by atoms with van der Waals surface area (Å²) in [4.78, 5) is 0. The summed E-state index contributed by atoms with van der Waals surface area (Å²) in [5.41, 5.74) is 6.20. The van der Waals surface area contributed by atoms with Crippen molar-refractivity contribution >= 4 is 23.1 Å². The van der Waals surface area contributed by atoms with Gasteiger partial charge >= 0.3 is 0 Å². The Hall–Kier alpha value is -3.67. The van der Waals surface area contributed by atoms with Gasteiger partial charge in [0.2, 0.25) is 0 Å². The van der Waals surface area contributed by atoms with Crippen LogP contribution < -0.4 is 15.9 Å². The molecule has 0 bridgehead atoms. The van der Waals surface area contributed by atoms with E-state index in [1.54, 1.807) is 0 Å². The molecule has 5 aromatic rings. The molecular formula is C31H23OP. The molecule has 1 aliphatic rings. The summed E-state index contributed by atoms with van der Waals surface area (Å²) in [5.74, 6) is 0.0503. The van der Waals surface area contributed by atoms with E-state index in [9.17, 15) is 0 Å². The molecule has 0 amide bonds. The van der Waals surface area contributed by atoms with Gasteiger partial charge in [0.15, 0.2) is 7.14 Å². The van der Waals surface area contributed by atoms with Crippen LogP contribution in [0.5, 0.6) is 0 Å². The van der Waals surface area contributed by atoms with Crippen LogP contribution in [0.4, 0.5) is 0 Å². The van der Waals surface area contributed by atoms with Gasteiger partial charge in [0.1, 0.15) is 0 Å². The summed E-state index contributed by atoms with van der Waals surface area (Å²) in [7, 11) is -3.09.